The van der Waals surface area contributed by atoms with Crippen molar-refractivity contribution in [3.63, 3.8) is 0 Å². The summed E-state index contributed by atoms with van der Waals surface area (Å²) in [5.74, 6) is 0.977. The van der Waals surface area contributed by atoms with E-state index in [4.69, 9.17) is 16.9 Å². The second-order valence-corrected chi connectivity index (χ2v) is 6.06. The van der Waals surface area contributed by atoms with Crippen molar-refractivity contribution in [2.45, 2.75) is 43.7 Å². The van der Waals surface area contributed by atoms with E-state index in [9.17, 15) is 0 Å². The summed E-state index contributed by atoms with van der Waals surface area (Å²) in [6.45, 7) is 4.80. The van der Waals surface area contributed by atoms with Crippen LogP contribution in [0.2, 0.25) is 5.02 Å². The average molecular weight is 298 g/mol. The molecule has 0 radical (unpaired) electrons. The molecule has 1 N–H and O–H groups in total. The van der Waals surface area contributed by atoms with Gasteiger partial charge in [-0.05, 0) is 50.6 Å². The highest BCUT2D eigenvalue weighted by Gasteiger charge is 2.21. The van der Waals surface area contributed by atoms with Gasteiger partial charge in [-0.2, -0.15) is 5.26 Å². The molecule has 1 atom stereocenters. The normalized spacial score (nSPS) is 13.8. The number of halogens is 1. The maximum absolute atomic E-state index is 9.14. The molecule has 0 bridgehead atoms. The summed E-state index contributed by atoms with van der Waals surface area (Å²) in [5, 5.41) is 14.0. The molecule has 0 aliphatic heterocycles. The SMILES string of the molecule is CCNC(C)(C#N)CCCCSc1ncccc1Cl. The van der Waals surface area contributed by atoms with E-state index in [0.717, 1.165) is 36.6 Å². The Kier molecular flexibility index (Phi) is 7.22. The summed E-state index contributed by atoms with van der Waals surface area (Å²) >= 11 is 7.71. The zero-order chi connectivity index (χ0) is 14.1. The van der Waals surface area contributed by atoms with Gasteiger partial charge in [0.05, 0.1) is 11.1 Å². The Labute approximate surface area is 124 Å². The van der Waals surface area contributed by atoms with Crippen molar-refractivity contribution >= 4 is 23.4 Å². The van der Waals surface area contributed by atoms with Crippen molar-refractivity contribution in [1.29, 1.82) is 5.26 Å². The molecule has 1 rings (SSSR count). The molecular weight excluding hydrogens is 278 g/mol. The van der Waals surface area contributed by atoms with Crippen molar-refractivity contribution < 1.29 is 0 Å². The molecule has 0 spiro atoms. The van der Waals surface area contributed by atoms with Gasteiger partial charge in [-0.1, -0.05) is 18.5 Å². The van der Waals surface area contributed by atoms with Gasteiger partial charge in [0, 0.05) is 6.20 Å². The maximum Gasteiger partial charge on any atom is 0.115 e. The van der Waals surface area contributed by atoms with Gasteiger partial charge >= 0.3 is 0 Å². The third kappa shape index (κ3) is 5.82. The Morgan fingerprint density at radius 3 is 2.95 bits per heavy atom. The highest BCUT2D eigenvalue weighted by molar-refractivity contribution is 7.99. The first-order valence-corrected chi connectivity index (χ1v) is 7.87. The number of pyridine rings is 1. The minimum absolute atomic E-state index is 0.401. The van der Waals surface area contributed by atoms with E-state index in [1.165, 1.54) is 0 Å². The lowest BCUT2D eigenvalue weighted by Gasteiger charge is -2.22. The molecule has 1 unspecified atom stereocenters. The summed E-state index contributed by atoms with van der Waals surface area (Å²) in [6.07, 6.45) is 4.70. The molecule has 0 aliphatic rings. The summed E-state index contributed by atoms with van der Waals surface area (Å²) < 4.78 is 0. The van der Waals surface area contributed by atoms with Crippen LogP contribution in [0.1, 0.15) is 33.1 Å². The van der Waals surface area contributed by atoms with Gasteiger partial charge < -0.3 is 0 Å². The second kappa shape index (κ2) is 8.42. The van der Waals surface area contributed by atoms with Crippen LogP contribution >= 0.6 is 23.4 Å². The quantitative estimate of drug-likeness (QED) is 0.584. The van der Waals surface area contributed by atoms with Gasteiger partial charge in [0.25, 0.3) is 0 Å². The fraction of sp³-hybridized carbons (Fsp3) is 0.571. The van der Waals surface area contributed by atoms with Crippen LogP contribution < -0.4 is 5.32 Å². The van der Waals surface area contributed by atoms with Crippen LogP contribution in [0.25, 0.3) is 0 Å². The number of thioether (sulfide) groups is 1. The largest absolute Gasteiger partial charge is 0.300 e. The molecule has 0 aromatic carbocycles. The maximum atomic E-state index is 9.14. The van der Waals surface area contributed by atoms with E-state index in [-0.39, 0.29) is 0 Å². The Balaban J connectivity index is 2.25. The van der Waals surface area contributed by atoms with Gasteiger partial charge in [-0.25, -0.2) is 4.98 Å². The van der Waals surface area contributed by atoms with Crippen molar-refractivity contribution in [2.75, 3.05) is 12.3 Å². The van der Waals surface area contributed by atoms with Crippen LogP contribution in [-0.2, 0) is 0 Å². The van der Waals surface area contributed by atoms with Crippen LogP contribution in [0, 0.1) is 11.3 Å². The Morgan fingerprint density at radius 1 is 1.53 bits per heavy atom. The molecule has 104 valence electrons. The van der Waals surface area contributed by atoms with Crippen LogP contribution in [0.3, 0.4) is 0 Å². The number of nitrogens with one attached hydrogen (secondary N) is 1. The number of rotatable bonds is 8. The fourth-order valence-electron chi connectivity index (χ4n) is 1.80. The van der Waals surface area contributed by atoms with Crippen LogP contribution in [0.4, 0.5) is 0 Å². The van der Waals surface area contributed by atoms with E-state index in [0.29, 0.717) is 5.02 Å². The van der Waals surface area contributed by atoms with Crippen LogP contribution in [-0.4, -0.2) is 22.8 Å². The molecule has 1 aromatic heterocycles. The van der Waals surface area contributed by atoms with Gasteiger partial charge in [-0.3, -0.25) is 5.32 Å². The predicted octanol–water partition coefficient (Wildman–Crippen LogP) is 3.89. The highest BCUT2D eigenvalue weighted by Crippen LogP contribution is 2.25. The Bertz CT molecular complexity index is 433. The zero-order valence-corrected chi connectivity index (χ0v) is 13.0. The lowest BCUT2D eigenvalue weighted by Crippen LogP contribution is -2.40. The highest BCUT2D eigenvalue weighted by atomic mass is 35.5. The van der Waals surface area contributed by atoms with Gasteiger partial charge in [0.2, 0.25) is 0 Å². The number of hydrogen-bond donors (Lipinski definition) is 1. The summed E-state index contributed by atoms with van der Waals surface area (Å²) in [5.41, 5.74) is -0.401. The molecule has 3 nitrogen and oxygen atoms in total. The van der Waals surface area contributed by atoms with Crippen molar-refractivity contribution in [3.05, 3.63) is 23.4 Å². The number of hydrogen-bond acceptors (Lipinski definition) is 4. The third-order valence-corrected chi connectivity index (χ3v) is 4.36. The first-order valence-electron chi connectivity index (χ1n) is 6.51. The van der Waals surface area contributed by atoms with E-state index >= 15 is 0 Å². The molecular formula is C14H20ClN3S. The van der Waals surface area contributed by atoms with E-state index < -0.39 is 5.54 Å². The van der Waals surface area contributed by atoms with Gasteiger partial charge in [0.15, 0.2) is 0 Å². The number of aromatic nitrogens is 1. The number of unbranched alkanes of at least 4 members (excludes halogenated alkanes) is 1. The Hall–Kier alpha value is -0.760. The molecule has 0 amide bonds. The lowest BCUT2D eigenvalue weighted by molar-refractivity contribution is 0.415. The Morgan fingerprint density at radius 2 is 2.32 bits per heavy atom. The molecule has 0 saturated heterocycles. The summed E-state index contributed by atoms with van der Waals surface area (Å²) in [6, 6.07) is 6.04. The van der Waals surface area contributed by atoms with Crippen molar-refractivity contribution in [3.8, 4) is 6.07 Å². The molecule has 0 aliphatic carbocycles. The molecule has 5 heteroatoms. The second-order valence-electron chi connectivity index (χ2n) is 4.57. The zero-order valence-electron chi connectivity index (χ0n) is 11.4. The average Bonchev–Trinajstić information content (AvgIpc) is 2.41. The van der Waals surface area contributed by atoms with Crippen LogP contribution in [0.15, 0.2) is 23.4 Å². The summed E-state index contributed by atoms with van der Waals surface area (Å²) in [7, 11) is 0. The smallest absolute Gasteiger partial charge is 0.115 e. The standard InChI is InChI=1S/C14H20ClN3S/c1-3-18-14(2,11-16)8-4-5-10-19-13-12(15)7-6-9-17-13/h6-7,9,18H,3-5,8,10H2,1-2H3. The van der Waals surface area contributed by atoms with E-state index in [1.807, 2.05) is 26.0 Å². The predicted molar refractivity (Wildman–Crippen MR) is 81.5 cm³/mol. The lowest BCUT2D eigenvalue weighted by atomic mass is 9.97. The first-order chi connectivity index (χ1) is 9.11. The van der Waals surface area contributed by atoms with E-state index in [2.05, 4.69) is 16.4 Å². The molecule has 1 aromatic rings. The van der Waals surface area contributed by atoms with E-state index in [1.54, 1.807) is 18.0 Å². The molecule has 0 saturated carbocycles. The monoisotopic (exact) mass is 297 g/mol. The minimum Gasteiger partial charge on any atom is -0.300 e. The van der Waals surface area contributed by atoms with Crippen molar-refractivity contribution in [1.82, 2.24) is 10.3 Å². The summed E-state index contributed by atoms with van der Waals surface area (Å²) in [4.78, 5) is 4.24. The molecule has 19 heavy (non-hydrogen) atoms. The number of nitriles is 1. The number of nitrogens with zero attached hydrogens (tertiary/aromatic N) is 2. The fourth-order valence-corrected chi connectivity index (χ4v) is 2.97. The van der Waals surface area contributed by atoms with Gasteiger partial charge in [0.1, 0.15) is 10.6 Å². The molecule has 1 heterocycles. The van der Waals surface area contributed by atoms with Crippen LogP contribution in [0.5, 0.6) is 0 Å². The third-order valence-electron chi connectivity index (χ3n) is 2.85. The molecule has 0 fully saturated rings. The van der Waals surface area contributed by atoms with Gasteiger partial charge in [-0.15, -0.1) is 11.8 Å². The van der Waals surface area contributed by atoms with Crippen molar-refractivity contribution in [2.24, 2.45) is 0 Å². The first kappa shape index (κ1) is 16.3. The topological polar surface area (TPSA) is 48.7 Å². The minimum atomic E-state index is -0.401.